The summed E-state index contributed by atoms with van der Waals surface area (Å²) < 4.78 is 0. The fourth-order valence-corrected chi connectivity index (χ4v) is 1.38. The van der Waals surface area contributed by atoms with Gasteiger partial charge in [-0.2, -0.15) is 0 Å². The molecule has 0 fully saturated rings. The number of carboxylic acid groups (broad SMARTS) is 1. The first-order valence-corrected chi connectivity index (χ1v) is 6.87. The van der Waals surface area contributed by atoms with E-state index in [-0.39, 0.29) is 36.5 Å². The number of hydrogen-bond acceptors (Lipinski definition) is 4. The molecule has 0 unspecified atom stereocenters. The summed E-state index contributed by atoms with van der Waals surface area (Å²) in [6.07, 6.45) is 0.982. The zero-order valence-corrected chi connectivity index (χ0v) is 12.8. The third-order valence-electron chi connectivity index (χ3n) is 2.65. The number of aliphatic carboxylic acids is 1. The van der Waals surface area contributed by atoms with Crippen LogP contribution in [0.15, 0.2) is 0 Å². The predicted octanol–water partition coefficient (Wildman–Crippen LogP) is 0.479. The Bertz CT molecular complexity index is 399. The van der Waals surface area contributed by atoms with Crippen molar-refractivity contribution in [3.05, 3.63) is 0 Å². The van der Waals surface area contributed by atoms with E-state index in [0.717, 1.165) is 6.42 Å². The molecule has 21 heavy (non-hydrogen) atoms. The number of Topliss-reactive ketones (excluding diaryl/α,β-unsaturated/α-hetero) is 1. The summed E-state index contributed by atoms with van der Waals surface area (Å²) in [5.74, 6) is -2.08. The Morgan fingerprint density at radius 1 is 0.857 bits per heavy atom. The molecule has 0 bridgehead atoms. The van der Waals surface area contributed by atoms with E-state index in [1.54, 1.807) is 0 Å². The van der Waals surface area contributed by atoms with Crippen molar-refractivity contribution in [3.8, 4) is 0 Å². The molecule has 0 atom stereocenters. The van der Waals surface area contributed by atoms with E-state index in [1.807, 2.05) is 20.8 Å². The average molecular weight is 300 g/mol. The summed E-state index contributed by atoms with van der Waals surface area (Å²) in [6.45, 7) is 5.52. The summed E-state index contributed by atoms with van der Waals surface area (Å²) in [4.78, 5) is 44.4. The second-order valence-corrected chi connectivity index (χ2v) is 6.05. The molecule has 0 aliphatic heterocycles. The van der Waals surface area contributed by atoms with Gasteiger partial charge in [0.1, 0.15) is 6.54 Å². The molecule has 0 saturated heterocycles. The highest BCUT2D eigenvalue weighted by Gasteiger charge is 2.14. The second-order valence-electron chi connectivity index (χ2n) is 6.05. The molecular formula is C14H24N2O5. The SMILES string of the molecule is CC(C)(C)CCC(=O)NCC(=O)CCC(=O)NCC(=O)O. The van der Waals surface area contributed by atoms with Gasteiger partial charge in [0.2, 0.25) is 11.8 Å². The van der Waals surface area contributed by atoms with Crippen LogP contribution in [0.3, 0.4) is 0 Å². The standard InChI is InChI=1S/C14H24N2O5/c1-14(2,3)7-6-12(19)15-8-10(17)4-5-11(18)16-9-13(20)21/h4-9H2,1-3H3,(H,15,19)(H,16,18)(H,20,21). The topological polar surface area (TPSA) is 113 Å². The Hall–Kier alpha value is -1.92. The van der Waals surface area contributed by atoms with Gasteiger partial charge in [0.25, 0.3) is 0 Å². The van der Waals surface area contributed by atoms with E-state index in [1.165, 1.54) is 0 Å². The van der Waals surface area contributed by atoms with Crippen molar-refractivity contribution in [2.45, 2.75) is 46.5 Å². The van der Waals surface area contributed by atoms with Gasteiger partial charge in [-0.3, -0.25) is 19.2 Å². The van der Waals surface area contributed by atoms with Crippen LogP contribution < -0.4 is 10.6 Å². The predicted molar refractivity (Wildman–Crippen MR) is 76.6 cm³/mol. The van der Waals surface area contributed by atoms with Crippen LogP contribution in [-0.4, -0.2) is 41.8 Å². The van der Waals surface area contributed by atoms with Gasteiger partial charge in [-0.15, -0.1) is 0 Å². The zero-order valence-electron chi connectivity index (χ0n) is 12.8. The molecule has 0 aliphatic rings. The van der Waals surface area contributed by atoms with Crippen molar-refractivity contribution >= 4 is 23.6 Å². The summed E-state index contributed by atoms with van der Waals surface area (Å²) in [6, 6.07) is 0. The number of nitrogens with one attached hydrogen (secondary N) is 2. The largest absolute Gasteiger partial charge is 0.480 e. The minimum atomic E-state index is -1.14. The lowest BCUT2D eigenvalue weighted by atomic mass is 9.90. The summed E-state index contributed by atoms with van der Waals surface area (Å²) in [5.41, 5.74) is 0.0591. The van der Waals surface area contributed by atoms with Crippen molar-refractivity contribution < 1.29 is 24.3 Å². The molecule has 0 aliphatic carbocycles. The lowest BCUT2D eigenvalue weighted by molar-refractivity contribution is -0.138. The monoisotopic (exact) mass is 300 g/mol. The number of ketones is 1. The minimum absolute atomic E-state index is 0.0228. The molecule has 0 aromatic carbocycles. The zero-order chi connectivity index (χ0) is 16.5. The Balaban J connectivity index is 3.78. The summed E-state index contributed by atoms with van der Waals surface area (Å²) in [7, 11) is 0. The molecule has 7 heteroatoms. The second kappa shape index (κ2) is 9.10. The molecule has 0 heterocycles. The van der Waals surface area contributed by atoms with Gasteiger partial charge < -0.3 is 15.7 Å². The maximum atomic E-state index is 11.5. The fourth-order valence-electron chi connectivity index (χ4n) is 1.38. The van der Waals surface area contributed by atoms with E-state index in [9.17, 15) is 19.2 Å². The number of hydrogen-bond donors (Lipinski definition) is 3. The van der Waals surface area contributed by atoms with Gasteiger partial charge in [-0.1, -0.05) is 20.8 Å². The van der Waals surface area contributed by atoms with Crippen molar-refractivity contribution in [1.82, 2.24) is 10.6 Å². The molecule has 120 valence electrons. The van der Waals surface area contributed by atoms with Gasteiger partial charge in [0.15, 0.2) is 5.78 Å². The average Bonchev–Trinajstić information content (AvgIpc) is 2.37. The van der Waals surface area contributed by atoms with Crippen LogP contribution in [0.1, 0.15) is 46.5 Å². The van der Waals surface area contributed by atoms with E-state index < -0.39 is 18.4 Å². The third kappa shape index (κ3) is 12.8. The molecular weight excluding hydrogens is 276 g/mol. The molecule has 0 radical (unpaired) electrons. The van der Waals surface area contributed by atoms with E-state index >= 15 is 0 Å². The first-order valence-electron chi connectivity index (χ1n) is 6.87. The smallest absolute Gasteiger partial charge is 0.322 e. The molecule has 0 aromatic rings. The molecule has 0 rings (SSSR count). The fraction of sp³-hybridized carbons (Fsp3) is 0.714. The van der Waals surface area contributed by atoms with E-state index in [2.05, 4.69) is 10.6 Å². The summed E-state index contributed by atoms with van der Waals surface area (Å²) >= 11 is 0. The molecule has 3 N–H and O–H groups in total. The van der Waals surface area contributed by atoms with E-state index in [4.69, 9.17) is 5.11 Å². The lowest BCUT2D eigenvalue weighted by Gasteiger charge is -2.17. The highest BCUT2D eigenvalue weighted by Crippen LogP contribution is 2.20. The molecule has 0 saturated carbocycles. The van der Waals surface area contributed by atoms with Crippen molar-refractivity contribution in [1.29, 1.82) is 0 Å². The normalized spacial score (nSPS) is 10.8. The number of amides is 2. The number of rotatable bonds is 9. The van der Waals surface area contributed by atoms with Crippen molar-refractivity contribution in [3.63, 3.8) is 0 Å². The minimum Gasteiger partial charge on any atom is -0.480 e. The van der Waals surface area contributed by atoms with Crippen LogP contribution in [0.25, 0.3) is 0 Å². The highest BCUT2D eigenvalue weighted by atomic mass is 16.4. The first-order chi connectivity index (χ1) is 9.60. The Kier molecular flexibility index (Phi) is 8.26. The number of carbonyl (C=O) groups is 4. The van der Waals surface area contributed by atoms with Crippen LogP contribution in [0, 0.1) is 5.41 Å². The molecule has 2 amide bonds. The van der Waals surface area contributed by atoms with Crippen LogP contribution >= 0.6 is 0 Å². The van der Waals surface area contributed by atoms with E-state index in [0.29, 0.717) is 6.42 Å². The van der Waals surface area contributed by atoms with Crippen LogP contribution in [0.2, 0.25) is 0 Å². The summed E-state index contributed by atoms with van der Waals surface area (Å²) in [5, 5.41) is 13.0. The first kappa shape index (κ1) is 19.1. The maximum absolute atomic E-state index is 11.5. The molecule has 7 nitrogen and oxygen atoms in total. The Morgan fingerprint density at radius 2 is 1.38 bits per heavy atom. The maximum Gasteiger partial charge on any atom is 0.322 e. The Labute approximate surface area is 124 Å². The highest BCUT2D eigenvalue weighted by molar-refractivity contribution is 5.89. The molecule has 0 aromatic heterocycles. The van der Waals surface area contributed by atoms with Crippen LogP contribution in [0.4, 0.5) is 0 Å². The van der Waals surface area contributed by atoms with Gasteiger partial charge >= 0.3 is 5.97 Å². The van der Waals surface area contributed by atoms with Gasteiger partial charge in [-0.05, 0) is 11.8 Å². The van der Waals surface area contributed by atoms with Gasteiger partial charge in [0, 0.05) is 19.3 Å². The van der Waals surface area contributed by atoms with Gasteiger partial charge in [0.05, 0.1) is 6.54 Å². The lowest BCUT2D eigenvalue weighted by Crippen LogP contribution is -2.32. The van der Waals surface area contributed by atoms with Gasteiger partial charge in [-0.25, -0.2) is 0 Å². The quantitative estimate of drug-likeness (QED) is 0.573. The number of carboxylic acids is 1. The third-order valence-corrected chi connectivity index (χ3v) is 2.65. The van der Waals surface area contributed by atoms with Crippen LogP contribution in [-0.2, 0) is 19.2 Å². The Morgan fingerprint density at radius 3 is 1.90 bits per heavy atom. The molecule has 0 spiro atoms. The number of carbonyl (C=O) groups excluding carboxylic acids is 3. The van der Waals surface area contributed by atoms with Crippen molar-refractivity contribution in [2.75, 3.05) is 13.1 Å². The van der Waals surface area contributed by atoms with Crippen molar-refractivity contribution in [2.24, 2.45) is 5.41 Å². The van der Waals surface area contributed by atoms with Crippen LogP contribution in [0.5, 0.6) is 0 Å².